The molecule has 0 bridgehead atoms. The van der Waals surface area contributed by atoms with Gasteiger partial charge in [0, 0.05) is 0 Å². The zero-order valence-corrected chi connectivity index (χ0v) is 11.7. The Hall–Kier alpha value is -0.610. The van der Waals surface area contributed by atoms with Gasteiger partial charge < -0.3 is 4.74 Å². The monoisotopic (exact) mass is 268 g/mol. The highest BCUT2D eigenvalue weighted by Gasteiger charge is 2.30. The van der Waals surface area contributed by atoms with Crippen LogP contribution in [0.3, 0.4) is 0 Å². The van der Waals surface area contributed by atoms with Crippen LogP contribution in [0.5, 0.6) is 0 Å². The van der Waals surface area contributed by atoms with Gasteiger partial charge in [-0.15, -0.1) is 23.5 Å². The quantitative estimate of drug-likeness (QED) is 0.767. The maximum atomic E-state index is 11.3. The van der Waals surface area contributed by atoms with Crippen molar-refractivity contribution >= 4 is 29.5 Å². The van der Waals surface area contributed by atoms with Crippen molar-refractivity contribution in [2.75, 3.05) is 18.6 Å². The number of hydrogen-bond donors (Lipinski definition) is 0. The number of esters is 1. The zero-order valence-electron chi connectivity index (χ0n) is 10.1. The molecule has 0 aromatic heterocycles. The fourth-order valence-corrected chi connectivity index (χ4v) is 4.81. The van der Waals surface area contributed by atoms with Crippen LogP contribution in [0.25, 0.3) is 0 Å². The number of thioether (sulfide) groups is 2. The van der Waals surface area contributed by atoms with E-state index >= 15 is 0 Å². The minimum absolute atomic E-state index is 0.132. The average molecular weight is 268 g/mol. The molecule has 0 saturated carbocycles. The number of rotatable bonds is 2. The van der Waals surface area contributed by atoms with E-state index in [1.165, 1.54) is 30.6 Å². The van der Waals surface area contributed by atoms with Crippen LogP contribution in [-0.4, -0.2) is 24.6 Å². The fourth-order valence-electron chi connectivity index (χ4n) is 1.83. The molecule has 4 heteroatoms. The van der Waals surface area contributed by atoms with Crippen LogP contribution in [0, 0.1) is 0 Å². The molecule has 92 valence electrons. The van der Waals surface area contributed by atoms with Crippen LogP contribution in [0.15, 0.2) is 24.3 Å². The molecular weight excluding hydrogens is 252 g/mol. The van der Waals surface area contributed by atoms with Crippen LogP contribution in [-0.2, 0) is 8.82 Å². The Morgan fingerprint density at radius 1 is 1.24 bits per heavy atom. The van der Waals surface area contributed by atoms with Crippen LogP contribution in [0.2, 0.25) is 0 Å². The fraction of sp³-hybridized carbons (Fsp3) is 0.462. The van der Waals surface area contributed by atoms with Crippen LogP contribution in [0.1, 0.15) is 29.3 Å². The van der Waals surface area contributed by atoms with Gasteiger partial charge in [-0.1, -0.05) is 12.1 Å². The van der Waals surface area contributed by atoms with E-state index in [-0.39, 0.29) is 10.0 Å². The minimum atomic E-state index is -0.273. The zero-order chi connectivity index (χ0) is 12.3. The van der Waals surface area contributed by atoms with Gasteiger partial charge in [-0.25, -0.2) is 4.79 Å². The highest BCUT2D eigenvalue weighted by Crippen LogP contribution is 2.49. The lowest BCUT2D eigenvalue weighted by atomic mass is 10.1. The molecule has 17 heavy (non-hydrogen) atoms. The standard InChI is InChI=1S/C13H16O2S2/c1-13(16-8-3-9-17-13)11-6-4-10(5-7-11)12(14)15-2/h4-7H,3,8-9H2,1-2H3. The Kier molecular flexibility index (Phi) is 4.05. The maximum absolute atomic E-state index is 11.3. The molecule has 1 aromatic rings. The molecule has 1 aliphatic heterocycles. The smallest absolute Gasteiger partial charge is 0.337 e. The normalized spacial score (nSPS) is 18.7. The van der Waals surface area contributed by atoms with Crippen molar-refractivity contribution in [3.05, 3.63) is 35.4 Å². The molecule has 1 aliphatic rings. The molecule has 0 spiro atoms. The van der Waals surface area contributed by atoms with Crippen molar-refractivity contribution < 1.29 is 9.53 Å². The molecule has 1 saturated heterocycles. The summed E-state index contributed by atoms with van der Waals surface area (Å²) < 4.78 is 4.83. The van der Waals surface area contributed by atoms with E-state index in [1.807, 2.05) is 47.8 Å². The summed E-state index contributed by atoms with van der Waals surface area (Å²) >= 11 is 3.97. The number of hydrogen-bond acceptors (Lipinski definition) is 4. The second kappa shape index (κ2) is 5.36. The average Bonchev–Trinajstić information content (AvgIpc) is 2.39. The van der Waals surface area contributed by atoms with Crippen molar-refractivity contribution in [2.45, 2.75) is 17.4 Å². The second-order valence-electron chi connectivity index (χ2n) is 4.07. The predicted molar refractivity (Wildman–Crippen MR) is 74.7 cm³/mol. The minimum Gasteiger partial charge on any atom is -0.465 e. The Morgan fingerprint density at radius 2 is 1.82 bits per heavy atom. The number of carbonyl (C=O) groups is 1. The first-order valence-corrected chi connectivity index (χ1v) is 7.59. The molecule has 0 N–H and O–H groups in total. The number of methoxy groups -OCH3 is 1. The lowest BCUT2D eigenvalue weighted by Crippen LogP contribution is -2.18. The van der Waals surface area contributed by atoms with Crippen molar-refractivity contribution in [2.24, 2.45) is 0 Å². The molecule has 2 nitrogen and oxygen atoms in total. The topological polar surface area (TPSA) is 26.3 Å². The van der Waals surface area contributed by atoms with Gasteiger partial charge >= 0.3 is 5.97 Å². The van der Waals surface area contributed by atoms with E-state index in [0.29, 0.717) is 5.56 Å². The molecule has 0 unspecified atom stereocenters. The van der Waals surface area contributed by atoms with Gasteiger partial charge in [-0.3, -0.25) is 0 Å². The second-order valence-corrected chi connectivity index (χ2v) is 7.35. The largest absolute Gasteiger partial charge is 0.465 e. The summed E-state index contributed by atoms with van der Waals surface area (Å²) in [5.41, 5.74) is 1.89. The van der Waals surface area contributed by atoms with E-state index in [9.17, 15) is 4.79 Å². The van der Waals surface area contributed by atoms with E-state index in [1.54, 1.807) is 0 Å². The number of benzene rings is 1. The van der Waals surface area contributed by atoms with Crippen LogP contribution < -0.4 is 0 Å². The van der Waals surface area contributed by atoms with E-state index in [2.05, 4.69) is 6.92 Å². The van der Waals surface area contributed by atoms with E-state index < -0.39 is 0 Å². The summed E-state index contributed by atoms with van der Waals surface area (Å²) in [5.74, 6) is 2.15. The molecule has 0 atom stereocenters. The highest BCUT2D eigenvalue weighted by molar-refractivity contribution is 8.18. The Bertz CT molecular complexity index is 394. The van der Waals surface area contributed by atoms with Crippen LogP contribution >= 0.6 is 23.5 Å². The lowest BCUT2D eigenvalue weighted by molar-refractivity contribution is 0.0600. The van der Waals surface area contributed by atoms with Crippen molar-refractivity contribution in [1.29, 1.82) is 0 Å². The first-order chi connectivity index (χ1) is 8.15. The van der Waals surface area contributed by atoms with Gasteiger partial charge in [0.15, 0.2) is 0 Å². The Balaban J connectivity index is 2.19. The summed E-state index contributed by atoms with van der Waals surface area (Å²) in [6, 6.07) is 7.78. The summed E-state index contributed by atoms with van der Waals surface area (Å²) in [4.78, 5) is 11.3. The lowest BCUT2D eigenvalue weighted by Gasteiger charge is -2.32. The molecule has 1 aromatic carbocycles. The van der Waals surface area contributed by atoms with Gasteiger partial charge in [0.25, 0.3) is 0 Å². The van der Waals surface area contributed by atoms with Crippen molar-refractivity contribution in [3.8, 4) is 0 Å². The van der Waals surface area contributed by atoms with Gasteiger partial charge in [0.05, 0.1) is 16.8 Å². The first-order valence-electron chi connectivity index (χ1n) is 5.62. The summed E-state index contributed by atoms with van der Waals surface area (Å²) in [7, 11) is 1.41. The summed E-state index contributed by atoms with van der Waals surface area (Å²) in [5, 5.41) is 0. The maximum Gasteiger partial charge on any atom is 0.337 e. The summed E-state index contributed by atoms with van der Waals surface area (Å²) in [6.45, 7) is 2.26. The van der Waals surface area contributed by atoms with Gasteiger partial charge in [-0.05, 0) is 42.5 Å². The van der Waals surface area contributed by atoms with E-state index in [0.717, 1.165) is 0 Å². The van der Waals surface area contributed by atoms with Gasteiger partial charge in [0.2, 0.25) is 0 Å². The molecule has 1 fully saturated rings. The molecule has 0 aliphatic carbocycles. The predicted octanol–water partition coefficient (Wildman–Crippen LogP) is 3.52. The van der Waals surface area contributed by atoms with E-state index in [4.69, 9.17) is 4.74 Å². The molecular formula is C13H16O2S2. The van der Waals surface area contributed by atoms with Crippen molar-refractivity contribution in [1.82, 2.24) is 0 Å². The number of ether oxygens (including phenoxy) is 1. The first kappa shape index (κ1) is 12.8. The molecule has 2 rings (SSSR count). The third-order valence-corrected chi connectivity index (χ3v) is 6.14. The SMILES string of the molecule is COC(=O)c1ccc(C2(C)SCCCS2)cc1. The van der Waals surface area contributed by atoms with Crippen LogP contribution in [0.4, 0.5) is 0 Å². The third-order valence-electron chi connectivity index (χ3n) is 2.87. The Labute approximate surface area is 111 Å². The molecule has 1 heterocycles. The highest BCUT2D eigenvalue weighted by atomic mass is 32.2. The summed E-state index contributed by atoms with van der Waals surface area (Å²) in [6.07, 6.45) is 1.28. The molecule has 0 amide bonds. The van der Waals surface area contributed by atoms with Crippen molar-refractivity contribution in [3.63, 3.8) is 0 Å². The Morgan fingerprint density at radius 3 is 2.35 bits per heavy atom. The van der Waals surface area contributed by atoms with Gasteiger partial charge in [0.1, 0.15) is 0 Å². The number of carbonyl (C=O) groups excluding carboxylic acids is 1. The molecule has 0 radical (unpaired) electrons. The third kappa shape index (κ3) is 2.80. The van der Waals surface area contributed by atoms with Gasteiger partial charge in [-0.2, -0.15) is 0 Å².